The van der Waals surface area contributed by atoms with Crippen molar-refractivity contribution in [3.05, 3.63) is 136 Å². The SMILES string of the molecule is CC1=C[CH-]C(C)(C)c2cc3c(cc21)-c1cc2c(cc1C3)C(C)(C)CC=C2C.CC1[C-]=CC(C(C)(C)C)=C1.[Cl-].[Cl-].[Zr+2]=[CH]c1ccccc1. The van der Waals surface area contributed by atoms with Crippen LogP contribution in [-0.4, -0.2) is 3.71 Å². The Morgan fingerprint density at radius 1 is 0.830 bits per heavy atom. The Morgan fingerprint density at radius 3 is 1.89 bits per heavy atom. The molecule has 246 valence electrons. The van der Waals surface area contributed by atoms with E-state index in [1.165, 1.54) is 91.0 Å². The van der Waals surface area contributed by atoms with Gasteiger partial charge < -0.3 is 24.8 Å². The van der Waals surface area contributed by atoms with Crippen LogP contribution in [0.5, 0.6) is 0 Å². The number of rotatable bonds is 1. The predicted molar refractivity (Wildman–Crippen MR) is 193 cm³/mol. The van der Waals surface area contributed by atoms with Crippen molar-refractivity contribution in [2.45, 2.75) is 92.9 Å². The third-order valence-corrected chi connectivity index (χ3v) is 10.7. The van der Waals surface area contributed by atoms with Crippen molar-refractivity contribution in [3.8, 4) is 11.1 Å². The standard InChI is InChI=1S/C27H29.C10H15.C7H6.2ClH.Zr/c1-16-7-9-26(3,4)24-12-18-11-19-13-25-21(17(2)8-10-27(25,5)6)15-23(19)22(18)14-20(16)24;1-8-5-6-9(7-8)10(2,3)4;1-7-5-3-2-4-6-7;;;/h7-9,12-15H,10-11H2,1-6H3;6-8H,1-4H3;1-6H;2*1H;/q2*-1;;;;+2/p-2. The normalized spacial score (nSPS) is 18.6. The quantitative estimate of drug-likeness (QED) is 0.223. The fraction of sp³-hybridized carbons (Fsp3) is 0.364. The molecule has 4 aliphatic carbocycles. The molecule has 0 aromatic heterocycles. The van der Waals surface area contributed by atoms with E-state index < -0.39 is 0 Å². The van der Waals surface area contributed by atoms with Crippen LogP contribution in [0.4, 0.5) is 0 Å². The minimum absolute atomic E-state index is 0. The van der Waals surface area contributed by atoms with E-state index in [1.807, 2.05) is 6.07 Å². The zero-order valence-corrected chi connectivity index (χ0v) is 33.9. The molecule has 3 aromatic rings. The van der Waals surface area contributed by atoms with Crippen molar-refractivity contribution in [2.75, 3.05) is 0 Å². The van der Waals surface area contributed by atoms with E-state index in [0.717, 1.165) is 12.8 Å². The van der Waals surface area contributed by atoms with Crippen LogP contribution in [0.25, 0.3) is 22.3 Å². The van der Waals surface area contributed by atoms with Gasteiger partial charge in [-0.15, -0.1) is 12.5 Å². The number of hydrogen-bond acceptors (Lipinski definition) is 0. The van der Waals surface area contributed by atoms with Gasteiger partial charge in [-0.2, -0.15) is 17.2 Å². The molecule has 0 heterocycles. The first-order valence-electron chi connectivity index (χ1n) is 16.5. The summed E-state index contributed by atoms with van der Waals surface area (Å²) in [5.41, 5.74) is 18.0. The van der Waals surface area contributed by atoms with Crippen LogP contribution in [0.2, 0.25) is 0 Å². The van der Waals surface area contributed by atoms with Gasteiger partial charge in [0, 0.05) is 0 Å². The average Bonchev–Trinajstić information content (AvgIpc) is 3.60. The molecule has 0 aliphatic heterocycles. The zero-order valence-electron chi connectivity index (χ0n) is 29.9. The molecular formula is C44H50Cl2Zr-2. The van der Waals surface area contributed by atoms with Crippen LogP contribution < -0.4 is 24.8 Å². The summed E-state index contributed by atoms with van der Waals surface area (Å²) >= 11 is 1.46. The fourth-order valence-electron chi connectivity index (χ4n) is 6.78. The van der Waals surface area contributed by atoms with Gasteiger partial charge in [-0.1, -0.05) is 102 Å². The Bertz CT molecular complexity index is 1650. The molecule has 0 bridgehead atoms. The van der Waals surface area contributed by atoms with E-state index in [4.69, 9.17) is 0 Å². The molecule has 0 nitrogen and oxygen atoms in total. The van der Waals surface area contributed by atoms with E-state index in [1.54, 1.807) is 0 Å². The maximum absolute atomic E-state index is 3.26. The zero-order chi connectivity index (χ0) is 32.7. The monoisotopic (exact) mass is 738 g/mol. The van der Waals surface area contributed by atoms with Crippen LogP contribution in [-0.2, 0) is 41.5 Å². The molecule has 0 N–H and O–H groups in total. The summed E-state index contributed by atoms with van der Waals surface area (Å²) in [6.45, 7) is 22.8. The van der Waals surface area contributed by atoms with E-state index in [-0.39, 0.29) is 35.6 Å². The Hall–Kier alpha value is -2.18. The second-order valence-electron chi connectivity index (χ2n) is 15.5. The van der Waals surface area contributed by atoms with Crippen molar-refractivity contribution in [1.82, 2.24) is 0 Å². The molecule has 0 fully saturated rings. The van der Waals surface area contributed by atoms with Crippen molar-refractivity contribution in [1.29, 1.82) is 0 Å². The predicted octanol–water partition coefficient (Wildman–Crippen LogP) is 5.60. The van der Waals surface area contributed by atoms with Gasteiger partial charge >= 0.3 is 63.8 Å². The number of fused-ring (bicyclic) bond motifs is 5. The Labute approximate surface area is 313 Å². The second kappa shape index (κ2) is 15.2. The Morgan fingerprint density at radius 2 is 1.40 bits per heavy atom. The molecule has 0 radical (unpaired) electrons. The average molecular weight is 741 g/mol. The molecule has 0 spiro atoms. The first-order valence-corrected chi connectivity index (χ1v) is 18.0. The Balaban J connectivity index is 0.000000248. The van der Waals surface area contributed by atoms with E-state index >= 15 is 0 Å². The van der Waals surface area contributed by atoms with Gasteiger partial charge in [0.2, 0.25) is 0 Å². The number of halogens is 2. The van der Waals surface area contributed by atoms with E-state index in [0.29, 0.717) is 11.3 Å². The minimum atomic E-state index is 0. The molecule has 0 saturated heterocycles. The van der Waals surface area contributed by atoms with Crippen LogP contribution in [0.15, 0.2) is 84.5 Å². The summed E-state index contributed by atoms with van der Waals surface area (Å²) in [4.78, 5) is 0. The molecule has 4 aliphatic rings. The molecule has 0 saturated carbocycles. The molecule has 1 unspecified atom stereocenters. The van der Waals surface area contributed by atoms with Crippen molar-refractivity contribution >= 4 is 14.9 Å². The van der Waals surface area contributed by atoms with E-state index in [2.05, 4.69) is 158 Å². The van der Waals surface area contributed by atoms with Crippen LogP contribution in [0, 0.1) is 23.8 Å². The van der Waals surface area contributed by atoms with Crippen molar-refractivity contribution < 1.29 is 49.0 Å². The van der Waals surface area contributed by atoms with Gasteiger partial charge in [-0.25, -0.2) is 18.6 Å². The maximum atomic E-state index is 3.26. The van der Waals surface area contributed by atoms with Gasteiger partial charge in [-0.05, 0) is 70.2 Å². The van der Waals surface area contributed by atoms with Crippen molar-refractivity contribution in [3.63, 3.8) is 0 Å². The van der Waals surface area contributed by atoms with Gasteiger partial charge in [0.1, 0.15) is 0 Å². The van der Waals surface area contributed by atoms with Crippen LogP contribution >= 0.6 is 0 Å². The Kier molecular flexibility index (Phi) is 12.7. The van der Waals surface area contributed by atoms with Crippen LogP contribution in [0.3, 0.4) is 0 Å². The summed E-state index contributed by atoms with van der Waals surface area (Å²) in [6, 6.07) is 20.3. The number of hydrogen-bond donors (Lipinski definition) is 0. The third kappa shape index (κ3) is 8.53. The summed E-state index contributed by atoms with van der Waals surface area (Å²) < 4.78 is 2.17. The molecule has 3 aromatic carbocycles. The number of benzene rings is 3. The van der Waals surface area contributed by atoms with Crippen LogP contribution in [0.1, 0.15) is 115 Å². The molecule has 0 amide bonds. The summed E-state index contributed by atoms with van der Waals surface area (Å²) in [5, 5.41) is 0. The first kappa shape index (κ1) is 39.3. The first-order chi connectivity index (χ1) is 21.1. The summed E-state index contributed by atoms with van der Waals surface area (Å²) in [7, 11) is 0. The van der Waals surface area contributed by atoms with Crippen molar-refractivity contribution in [2.24, 2.45) is 11.3 Å². The molecule has 7 rings (SSSR count). The summed E-state index contributed by atoms with van der Waals surface area (Å²) in [5.74, 6) is 0.522. The summed E-state index contributed by atoms with van der Waals surface area (Å²) in [6.07, 6.45) is 16.9. The topological polar surface area (TPSA) is 0 Å². The number of allylic oxidation sites excluding steroid dienone is 8. The molecule has 47 heavy (non-hydrogen) atoms. The fourth-order valence-corrected chi connectivity index (χ4v) is 7.25. The van der Waals surface area contributed by atoms with Gasteiger partial charge in [0.25, 0.3) is 0 Å². The van der Waals surface area contributed by atoms with E-state index in [9.17, 15) is 0 Å². The van der Waals surface area contributed by atoms with Gasteiger partial charge in [0.05, 0.1) is 0 Å². The molecule has 1 atom stereocenters. The third-order valence-electron chi connectivity index (χ3n) is 9.86. The second-order valence-corrected chi connectivity index (χ2v) is 16.2. The van der Waals surface area contributed by atoms with Gasteiger partial charge in [-0.3, -0.25) is 6.08 Å². The molecule has 3 heteroatoms. The van der Waals surface area contributed by atoms with Gasteiger partial charge in [0.15, 0.2) is 0 Å². The molecular weight excluding hydrogens is 691 g/mol.